The number of carboxylic acids is 1. The van der Waals surface area contributed by atoms with Crippen LogP contribution >= 0.6 is 0 Å². The van der Waals surface area contributed by atoms with E-state index in [1.165, 1.54) is 0 Å². The largest absolute Gasteiger partial charge is 0.481 e. The summed E-state index contributed by atoms with van der Waals surface area (Å²) in [5.41, 5.74) is -0.0593. The van der Waals surface area contributed by atoms with Gasteiger partial charge in [0.25, 0.3) is 0 Å². The summed E-state index contributed by atoms with van der Waals surface area (Å²) in [5, 5.41) is 8.75. The fourth-order valence-corrected chi connectivity index (χ4v) is 1.08. The summed E-state index contributed by atoms with van der Waals surface area (Å²) in [4.78, 5) is 21.0. The zero-order valence-corrected chi connectivity index (χ0v) is 9.97. The van der Waals surface area contributed by atoms with Crippen LogP contribution in [0.3, 0.4) is 0 Å². The molecule has 0 aromatic heterocycles. The highest BCUT2D eigenvalue weighted by atomic mass is 17.2. The van der Waals surface area contributed by atoms with E-state index in [9.17, 15) is 4.79 Å². The first kappa shape index (κ1) is 13.3. The number of carbonyl (C=O) groups is 1. The van der Waals surface area contributed by atoms with E-state index in [-0.39, 0.29) is 6.42 Å². The molecule has 1 aromatic rings. The number of carboxylic acid groups (broad SMARTS) is 1. The molecule has 0 spiro atoms. The number of rotatable bonds is 6. The van der Waals surface area contributed by atoms with Crippen LogP contribution in [0.5, 0.6) is 5.75 Å². The zero-order chi connectivity index (χ0) is 12.9. The first-order valence-electron chi connectivity index (χ1n) is 5.23. The van der Waals surface area contributed by atoms with Gasteiger partial charge in [-0.3, -0.25) is 4.79 Å². The van der Waals surface area contributed by atoms with Crippen LogP contribution < -0.4 is 4.89 Å². The second kappa shape index (κ2) is 5.50. The predicted molar refractivity (Wildman–Crippen MR) is 63.8 cm³/mol. The molecule has 4 nitrogen and oxygen atoms in total. The van der Waals surface area contributed by atoms with Crippen molar-refractivity contribution in [2.24, 2.45) is 0 Å². The normalized spacial score (nSPS) is 10.9. The molecule has 1 aromatic carbocycles. The molecule has 0 saturated heterocycles. The van der Waals surface area contributed by atoms with Crippen molar-refractivity contribution in [3.63, 3.8) is 0 Å². The summed E-state index contributed by atoms with van der Waals surface area (Å²) in [6, 6.07) is 6.86. The van der Waals surface area contributed by atoms with Gasteiger partial charge in [-0.15, -0.1) is 6.58 Å². The van der Waals surface area contributed by atoms with Gasteiger partial charge in [0.1, 0.15) is 5.60 Å². The SMILES string of the molecule is C=CC(C)(C)OOc1ccccc1CC(=O)O. The average molecular weight is 236 g/mol. The highest BCUT2D eigenvalue weighted by Crippen LogP contribution is 2.21. The van der Waals surface area contributed by atoms with Crippen LogP contribution in [0, 0.1) is 0 Å². The third-order valence-corrected chi connectivity index (χ3v) is 2.15. The number of aliphatic carboxylic acids is 1. The second-order valence-electron chi connectivity index (χ2n) is 4.15. The Balaban J connectivity index is 2.76. The summed E-state index contributed by atoms with van der Waals surface area (Å²) >= 11 is 0. The maximum absolute atomic E-state index is 10.7. The number of hydrogen-bond acceptors (Lipinski definition) is 3. The molecule has 92 valence electrons. The van der Waals surface area contributed by atoms with Gasteiger partial charge in [0.2, 0.25) is 0 Å². The van der Waals surface area contributed by atoms with Crippen molar-refractivity contribution in [3.05, 3.63) is 42.5 Å². The van der Waals surface area contributed by atoms with Crippen LogP contribution in [0.4, 0.5) is 0 Å². The predicted octanol–water partition coefficient (Wildman–Crippen LogP) is 2.59. The number of hydrogen-bond donors (Lipinski definition) is 1. The standard InChI is InChI=1S/C13H16O4/c1-4-13(2,3)17-16-11-8-6-5-7-10(11)9-12(14)15/h4-8H,1,9H2,2-3H3,(H,14,15). The Kier molecular flexibility index (Phi) is 4.29. The molecule has 0 aliphatic heterocycles. The van der Waals surface area contributed by atoms with Crippen LogP contribution in [0.25, 0.3) is 0 Å². The Hall–Kier alpha value is -1.81. The highest BCUT2D eigenvalue weighted by molar-refractivity contribution is 5.71. The molecule has 0 atom stereocenters. The van der Waals surface area contributed by atoms with Crippen LogP contribution in [0.2, 0.25) is 0 Å². The third kappa shape index (κ3) is 4.28. The zero-order valence-electron chi connectivity index (χ0n) is 9.97. The van der Waals surface area contributed by atoms with Gasteiger partial charge in [0, 0.05) is 5.56 Å². The first-order chi connectivity index (χ1) is 7.94. The van der Waals surface area contributed by atoms with Crippen LogP contribution in [0.15, 0.2) is 36.9 Å². The second-order valence-corrected chi connectivity index (χ2v) is 4.15. The molecular weight excluding hydrogens is 220 g/mol. The quantitative estimate of drug-likeness (QED) is 0.468. The van der Waals surface area contributed by atoms with Crippen molar-refractivity contribution in [2.75, 3.05) is 0 Å². The minimum atomic E-state index is -0.913. The molecule has 0 fully saturated rings. The lowest BCUT2D eigenvalue weighted by Gasteiger charge is -2.19. The van der Waals surface area contributed by atoms with Crippen LogP contribution in [-0.2, 0) is 16.1 Å². The van der Waals surface area contributed by atoms with Gasteiger partial charge in [-0.2, -0.15) is 4.89 Å². The fraction of sp³-hybridized carbons (Fsp3) is 0.308. The van der Waals surface area contributed by atoms with E-state index in [0.717, 1.165) is 0 Å². The number of para-hydroxylation sites is 1. The Morgan fingerprint density at radius 3 is 2.71 bits per heavy atom. The van der Waals surface area contributed by atoms with Gasteiger partial charge >= 0.3 is 5.97 Å². The van der Waals surface area contributed by atoms with Gasteiger partial charge in [0.15, 0.2) is 5.75 Å². The molecule has 0 aliphatic rings. The topological polar surface area (TPSA) is 55.8 Å². The Labute approximate surface area is 100 Å². The molecular formula is C13H16O4. The van der Waals surface area contributed by atoms with Crippen LogP contribution in [-0.4, -0.2) is 16.7 Å². The van der Waals surface area contributed by atoms with Crippen molar-refractivity contribution in [3.8, 4) is 5.75 Å². The Morgan fingerprint density at radius 2 is 2.12 bits per heavy atom. The Bertz CT molecular complexity index is 410. The van der Waals surface area contributed by atoms with Crippen molar-refractivity contribution in [1.29, 1.82) is 0 Å². The molecule has 0 saturated carbocycles. The lowest BCUT2D eigenvalue weighted by Crippen LogP contribution is -2.23. The van der Waals surface area contributed by atoms with E-state index >= 15 is 0 Å². The lowest BCUT2D eigenvalue weighted by atomic mass is 10.1. The molecule has 17 heavy (non-hydrogen) atoms. The van der Waals surface area contributed by atoms with Crippen molar-refractivity contribution >= 4 is 5.97 Å². The smallest absolute Gasteiger partial charge is 0.307 e. The molecule has 0 bridgehead atoms. The summed E-state index contributed by atoms with van der Waals surface area (Å²) in [7, 11) is 0. The first-order valence-corrected chi connectivity index (χ1v) is 5.23. The minimum absolute atomic E-state index is 0.103. The average Bonchev–Trinajstić information content (AvgIpc) is 2.27. The number of benzene rings is 1. The maximum Gasteiger partial charge on any atom is 0.307 e. The van der Waals surface area contributed by atoms with E-state index < -0.39 is 11.6 Å². The van der Waals surface area contributed by atoms with Gasteiger partial charge < -0.3 is 9.99 Å². The fourth-order valence-electron chi connectivity index (χ4n) is 1.08. The van der Waals surface area contributed by atoms with E-state index in [2.05, 4.69) is 6.58 Å². The van der Waals surface area contributed by atoms with Crippen molar-refractivity contribution in [1.82, 2.24) is 0 Å². The molecule has 0 heterocycles. The van der Waals surface area contributed by atoms with Crippen LogP contribution in [0.1, 0.15) is 19.4 Å². The summed E-state index contributed by atoms with van der Waals surface area (Å²) in [6.45, 7) is 7.20. The van der Waals surface area contributed by atoms with Crippen molar-refractivity contribution < 1.29 is 19.7 Å². The Morgan fingerprint density at radius 1 is 1.47 bits per heavy atom. The van der Waals surface area contributed by atoms with Gasteiger partial charge in [0.05, 0.1) is 6.42 Å². The molecule has 4 heteroatoms. The maximum atomic E-state index is 10.7. The van der Waals surface area contributed by atoms with E-state index in [0.29, 0.717) is 11.3 Å². The summed E-state index contributed by atoms with van der Waals surface area (Å²) < 4.78 is 0. The van der Waals surface area contributed by atoms with Gasteiger partial charge in [-0.05, 0) is 19.9 Å². The molecule has 1 N–H and O–H groups in total. The molecule has 0 amide bonds. The summed E-state index contributed by atoms with van der Waals surface area (Å²) in [6.07, 6.45) is 1.50. The minimum Gasteiger partial charge on any atom is -0.481 e. The summed E-state index contributed by atoms with van der Waals surface area (Å²) in [5.74, 6) is -0.506. The van der Waals surface area contributed by atoms with Gasteiger partial charge in [-0.1, -0.05) is 24.3 Å². The van der Waals surface area contributed by atoms with E-state index in [1.54, 1.807) is 44.2 Å². The molecule has 0 aliphatic carbocycles. The third-order valence-electron chi connectivity index (χ3n) is 2.15. The monoisotopic (exact) mass is 236 g/mol. The van der Waals surface area contributed by atoms with Gasteiger partial charge in [-0.25, -0.2) is 0 Å². The molecule has 0 unspecified atom stereocenters. The lowest BCUT2D eigenvalue weighted by molar-refractivity contribution is -0.264. The van der Waals surface area contributed by atoms with Crippen molar-refractivity contribution in [2.45, 2.75) is 25.9 Å². The van der Waals surface area contributed by atoms with E-state index in [1.807, 2.05) is 0 Å². The molecule has 0 radical (unpaired) electrons. The molecule has 1 rings (SSSR count). The van der Waals surface area contributed by atoms with E-state index in [4.69, 9.17) is 14.9 Å². The highest BCUT2D eigenvalue weighted by Gasteiger charge is 2.17.